The van der Waals surface area contributed by atoms with Crippen molar-refractivity contribution in [2.75, 3.05) is 5.73 Å². The maximum Gasteiger partial charge on any atom is 0.294 e. The van der Waals surface area contributed by atoms with E-state index < -0.39 is 10.1 Å². The minimum absolute atomic E-state index is 0.0374. The van der Waals surface area contributed by atoms with Gasteiger partial charge in [-0.1, -0.05) is 24.3 Å². The minimum atomic E-state index is -4.31. The zero-order valence-corrected chi connectivity index (χ0v) is 13.1. The number of azo groups is 1. The molecule has 0 aromatic heterocycles. The Bertz CT molecular complexity index is 1060. The van der Waals surface area contributed by atoms with Gasteiger partial charge in [0.25, 0.3) is 10.1 Å². The molecule has 0 aliphatic rings. The number of phenols is 1. The van der Waals surface area contributed by atoms with Crippen LogP contribution >= 0.6 is 0 Å². The molecular weight excluding hydrogens is 330 g/mol. The number of nitrogens with two attached hydrogens (primary N) is 1. The van der Waals surface area contributed by atoms with Crippen LogP contribution in [0.2, 0.25) is 0 Å². The van der Waals surface area contributed by atoms with E-state index in [0.717, 1.165) is 5.39 Å². The molecule has 0 aliphatic carbocycles. The third-order valence-corrected chi connectivity index (χ3v) is 4.28. The van der Waals surface area contributed by atoms with Crippen LogP contribution in [0.5, 0.6) is 5.75 Å². The SMILES string of the molecule is Nc1c(N=Nc2cccc(S(=O)(=O)O)c2)ccc2cccc(O)c12. The highest BCUT2D eigenvalue weighted by molar-refractivity contribution is 7.85. The van der Waals surface area contributed by atoms with Gasteiger partial charge in [0, 0.05) is 5.39 Å². The molecule has 0 unspecified atom stereocenters. The molecule has 0 radical (unpaired) electrons. The van der Waals surface area contributed by atoms with Gasteiger partial charge in [0.2, 0.25) is 0 Å². The fourth-order valence-corrected chi connectivity index (χ4v) is 2.80. The third kappa shape index (κ3) is 3.05. The number of nitrogen functional groups attached to an aromatic ring is 1. The zero-order valence-electron chi connectivity index (χ0n) is 12.3. The molecule has 0 heterocycles. The van der Waals surface area contributed by atoms with Crippen molar-refractivity contribution in [3.8, 4) is 5.75 Å². The Balaban J connectivity index is 2.03. The van der Waals surface area contributed by atoms with E-state index in [1.807, 2.05) is 6.07 Å². The third-order valence-electron chi connectivity index (χ3n) is 3.43. The van der Waals surface area contributed by atoms with Crippen LogP contribution in [-0.2, 0) is 10.1 Å². The van der Waals surface area contributed by atoms with Crippen LogP contribution < -0.4 is 5.73 Å². The van der Waals surface area contributed by atoms with Gasteiger partial charge in [-0.2, -0.15) is 13.5 Å². The summed E-state index contributed by atoms with van der Waals surface area (Å²) in [6.07, 6.45) is 0. The molecule has 7 nitrogen and oxygen atoms in total. The Morgan fingerprint density at radius 1 is 0.958 bits per heavy atom. The van der Waals surface area contributed by atoms with Crippen molar-refractivity contribution in [3.05, 3.63) is 54.6 Å². The van der Waals surface area contributed by atoms with Gasteiger partial charge in [-0.15, -0.1) is 5.11 Å². The average Bonchev–Trinajstić information content (AvgIpc) is 2.54. The Kier molecular flexibility index (Phi) is 3.92. The number of anilines is 1. The van der Waals surface area contributed by atoms with Gasteiger partial charge in [-0.25, -0.2) is 0 Å². The maximum atomic E-state index is 11.1. The van der Waals surface area contributed by atoms with Crippen LogP contribution in [0.1, 0.15) is 0 Å². The summed E-state index contributed by atoms with van der Waals surface area (Å²) in [6.45, 7) is 0. The predicted octanol–water partition coefficient (Wildman–Crippen LogP) is 3.79. The molecule has 122 valence electrons. The first-order chi connectivity index (χ1) is 11.4. The van der Waals surface area contributed by atoms with Gasteiger partial charge in [0.1, 0.15) is 11.4 Å². The van der Waals surface area contributed by atoms with E-state index in [2.05, 4.69) is 10.2 Å². The number of fused-ring (bicyclic) bond motifs is 1. The van der Waals surface area contributed by atoms with Crippen LogP contribution in [0.4, 0.5) is 17.1 Å². The predicted molar refractivity (Wildman–Crippen MR) is 90.5 cm³/mol. The second-order valence-electron chi connectivity index (χ2n) is 5.05. The molecule has 8 heteroatoms. The molecule has 24 heavy (non-hydrogen) atoms. The first kappa shape index (κ1) is 15.9. The number of rotatable bonds is 3. The lowest BCUT2D eigenvalue weighted by Gasteiger charge is -2.06. The van der Waals surface area contributed by atoms with Crippen LogP contribution in [0, 0.1) is 0 Å². The second kappa shape index (κ2) is 5.91. The number of aromatic hydroxyl groups is 1. The highest BCUT2D eigenvalue weighted by Gasteiger charge is 2.10. The van der Waals surface area contributed by atoms with Crippen molar-refractivity contribution in [3.63, 3.8) is 0 Å². The van der Waals surface area contributed by atoms with E-state index in [4.69, 9.17) is 10.3 Å². The molecule has 3 rings (SSSR count). The van der Waals surface area contributed by atoms with Crippen LogP contribution in [0.15, 0.2) is 69.7 Å². The molecule has 0 amide bonds. The van der Waals surface area contributed by atoms with Crippen molar-refractivity contribution in [2.24, 2.45) is 10.2 Å². The number of benzene rings is 3. The first-order valence-corrected chi connectivity index (χ1v) is 8.30. The van der Waals surface area contributed by atoms with Gasteiger partial charge >= 0.3 is 0 Å². The fourth-order valence-electron chi connectivity index (χ4n) is 2.28. The number of phenolic OH excluding ortho intramolecular Hbond substituents is 1. The van der Waals surface area contributed by atoms with Crippen molar-refractivity contribution in [1.29, 1.82) is 0 Å². The number of hydrogen-bond acceptors (Lipinski definition) is 6. The van der Waals surface area contributed by atoms with Gasteiger partial charge < -0.3 is 10.8 Å². The van der Waals surface area contributed by atoms with Gasteiger partial charge in [-0.3, -0.25) is 4.55 Å². The summed E-state index contributed by atoms with van der Waals surface area (Å²) < 4.78 is 31.3. The average molecular weight is 343 g/mol. The monoisotopic (exact) mass is 343 g/mol. The summed E-state index contributed by atoms with van der Waals surface area (Å²) >= 11 is 0. The summed E-state index contributed by atoms with van der Waals surface area (Å²) in [5, 5.41) is 19.1. The van der Waals surface area contributed by atoms with Gasteiger partial charge in [0.15, 0.2) is 0 Å². The highest BCUT2D eigenvalue weighted by Crippen LogP contribution is 2.36. The molecule has 0 fully saturated rings. The van der Waals surface area contributed by atoms with Crippen molar-refractivity contribution >= 4 is 38.0 Å². The van der Waals surface area contributed by atoms with Crippen molar-refractivity contribution in [2.45, 2.75) is 4.90 Å². The molecule has 0 bridgehead atoms. The van der Waals surface area contributed by atoms with Crippen LogP contribution in [-0.4, -0.2) is 18.1 Å². The van der Waals surface area contributed by atoms with E-state index in [1.165, 1.54) is 30.3 Å². The van der Waals surface area contributed by atoms with E-state index in [1.54, 1.807) is 18.2 Å². The lowest BCUT2D eigenvalue weighted by atomic mass is 10.1. The first-order valence-electron chi connectivity index (χ1n) is 6.86. The smallest absolute Gasteiger partial charge is 0.294 e. The summed E-state index contributed by atoms with van der Waals surface area (Å²) in [6, 6.07) is 13.8. The summed E-state index contributed by atoms with van der Waals surface area (Å²) in [4.78, 5) is -0.275. The maximum absolute atomic E-state index is 11.1. The zero-order chi connectivity index (χ0) is 17.3. The number of nitrogens with zero attached hydrogens (tertiary/aromatic N) is 2. The van der Waals surface area contributed by atoms with E-state index in [0.29, 0.717) is 11.1 Å². The number of hydrogen-bond donors (Lipinski definition) is 3. The molecule has 0 atom stereocenters. The van der Waals surface area contributed by atoms with Crippen LogP contribution in [0.3, 0.4) is 0 Å². The van der Waals surface area contributed by atoms with Crippen molar-refractivity contribution in [1.82, 2.24) is 0 Å². The Hall–Kier alpha value is -2.97. The Labute approximate surface area is 137 Å². The Morgan fingerprint density at radius 3 is 2.46 bits per heavy atom. The van der Waals surface area contributed by atoms with Gasteiger partial charge in [-0.05, 0) is 35.7 Å². The van der Waals surface area contributed by atoms with Crippen molar-refractivity contribution < 1.29 is 18.1 Å². The minimum Gasteiger partial charge on any atom is -0.507 e. The lowest BCUT2D eigenvalue weighted by Crippen LogP contribution is -1.96. The molecule has 0 aliphatic heterocycles. The second-order valence-corrected chi connectivity index (χ2v) is 6.47. The summed E-state index contributed by atoms with van der Waals surface area (Å²) in [5.41, 5.74) is 6.87. The largest absolute Gasteiger partial charge is 0.507 e. The molecule has 3 aromatic rings. The molecule has 3 aromatic carbocycles. The fraction of sp³-hybridized carbons (Fsp3) is 0. The quantitative estimate of drug-likeness (QED) is 0.379. The Morgan fingerprint density at radius 2 is 1.71 bits per heavy atom. The molecule has 0 spiro atoms. The summed E-state index contributed by atoms with van der Waals surface area (Å²) in [7, 11) is -4.31. The lowest BCUT2D eigenvalue weighted by molar-refractivity contribution is 0.481. The molecular formula is C16H13N3O4S. The van der Waals surface area contributed by atoms with E-state index in [9.17, 15) is 13.5 Å². The van der Waals surface area contributed by atoms with Gasteiger partial charge in [0.05, 0.1) is 16.3 Å². The van der Waals surface area contributed by atoms with Crippen LogP contribution in [0.25, 0.3) is 10.8 Å². The molecule has 4 N–H and O–H groups in total. The standard InChI is InChI=1S/C16H13N3O4S/c17-16-13(8-7-10-3-1-6-14(20)15(10)16)19-18-11-4-2-5-12(9-11)24(21,22)23/h1-9,20H,17H2,(H,21,22,23). The normalized spacial score (nSPS) is 12.0. The molecule has 0 saturated heterocycles. The highest BCUT2D eigenvalue weighted by atomic mass is 32.2. The van der Waals surface area contributed by atoms with E-state index in [-0.39, 0.29) is 22.0 Å². The topological polar surface area (TPSA) is 125 Å². The molecule has 0 saturated carbocycles. The summed E-state index contributed by atoms with van der Waals surface area (Å²) in [5.74, 6) is 0.0374. The van der Waals surface area contributed by atoms with E-state index >= 15 is 0 Å².